The molecule has 4 nitrogen and oxygen atoms in total. The van der Waals surface area contributed by atoms with E-state index in [0.717, 1.165) is 11.3 Å². The van der Waals surface area contributed by atoms with Crippen LogP contribution in [-0.4, -0.2) is 42.9 Å². The summed E-state index contributed by atoms with van der Waals surface area (Å²) in [7, 11) is 0. The van der Waals surface area contributed by atoms with Gasteiger partial charge in [0, 0.05) is 44.7 Å². The van der Waals surface area contributed by atoms with Crippen molar-refractivity contribution in [3.05, 3.63) is 45.1 Å². The van der Waals surface area contributed by atoms with Gasteiger partial charge in [-0.2, -0.15) is 0 Å². The van der Waals surface area contributed by atoms with E-state index >= 15 is 0 Å². The Bertz CT molecular complexity index is 1200. The van der Waals surface area contributed by atoms with Crippen molar-refractivity contribution in [3.8, 4) is 0 Å². The molecule has 1 fully saturated rings. The molecule has 2 aliphatic heterocycles. The third-order valence-corrected chi connectivity index (χ3v) is 4.22. The highest BCUT2D eigenvalue weighted by Gasteiger charge is 2.20. The van der Waals surface area contributed by atoms with Crippen molar-refractivity contribution in [2.45, 2.75) is 6.85 Å². The molecule has 0 spiro atoms. The van der Waals surface area contributed by atoms with E-state index in [1.54, 1.807) is 24.3 Å². The van der Waals surface area contributed by atoms with Gasteiger partial charge in [-0.1, -0.05) is 12.1 Å². The van der Waals surface area contributed by atoms with E-state index in [4.69, 9.17) is 15.1 Å². The number of thiophene rings is 1. The summed E-state index contributed by atoms with van der Waals surface area (Å²) in [6.45, 7) is -11.9. The summed E-state index contributed by atoms with van der Waals surface area (Å²) in [5.41, 5.74) is 0.976. The second-order valence-corrected chi connectivity index (χ2v) is 5.85. The van der Waals surface area contributed by atoms with Crippen molar-refractivity contribution >= 4 is 28.5 Å². The molecule has 2 aromatic rings. The lowest BCUT2D eigenvalue weighted by molar-refractivity contribution is 0.206. The van der Waals surface area contributed by atoms with Gasteiger partial charge < -0.3 is 15.1 Å². The Balaban J connectivity index is 1.96. The average molecular weight is 324 g/mol. The maximum Gasteiger partial charge on any atom is 0.127 e. The molecule has 1 N–H and O–H groups in total. The fraction of sp³-hybridized carbons (Fsp3) is 0.353. The number of piperazine rings is 1. The van der Waals surface area contributed by atoms with Crippen molar-refractivity contribution in [2.24, 2.45) is 4.99 Å². The monoisotopic (exact) mass is 323 g/mol. The molecule has 0 bridgehead atoms. The van der Waals surface area contributed by atoms with E-state index in [1.165, 1.54) is 4.90 Å². The Morgan fingerprint density at radius 1 is 1.36 bits per heavy atom. The van der Waals surface area contributed by atoms with Crippen molar-refractivity contribution in [2.75, 3.05) is 38.4 Å². The van der Waals surface area contributed by atoms with Crippen LogP contribution in [0.2, 0.25) is 0 Å². The van der Waals surface area contributed by atoms with E-state index < -0.39 is 39.9 Å². The Labute approximate surface area is 149 Å². The highest BCUT2D eigenvalue weighted by atomic mass is 32.1. The van der Waals surface area contributed by atoms with Gasteiger partial charge >= 0.3 is 0 Å². The number of para-hydroxylation sites is 2. The molecule has 0 amide bonds. The molecule has 1 saturated heterocycles. The van der Waals surface area contributed by atoms with Gasteiger partial charge in [0.15, 0.2) is 0 Å². The quantitative estimate of drug-likeness (QED) is 0.867. The summed E-state index contributed by atoms with van der Waals surface area (Å²) in [6, 6.07) is 6.55. The minimum Gasteiger partial charge on any atom is -0.355 e. The first-order valence-corrected chi connectivity index (χ1v) is 7.48. The van der Waals surface area contributed by atoms with E-state index in [2.05, 4.69) is 10.3 Å². The lowest BCUT2D eigenvalue weighted by Gasteiger charge is -2.35. The highest BCUT2D eigenvalue weighted by Crippen LogP contribution is 2.27. The van der Waals surface area contributed by atoms with Gasteiger partial charge in [0.2, 0.25) is 0 Å². The minimum atomic E-state index is -3.02. The molecule has 0 aliphatic carbocycles. The van der Waals surface area contributed by atoms with Gasteiger partial charge in [-0.15, -0.1) is 11.3 Å². The van der Waals surface area contributed by atoms with Crippen LogP contribution in [0.1, 0.15) is 20.0 Å². The summed E-state index contributed by atoms with van der Waals surface area (Å²) in [5, 5.41) is 3.19. The number of aryl methyl sites for hydroxylation is 1. The zero-order chi connectivity index (χ0) is 24.6. The average Bonchev–Trinajstić information content (AvgIpc) is 2.84. The highest BCUT2D eigenvalue weighted by molar-refractivity contribution is 7.09. The van der Waals surface area contributed by atoms with Crippen LogP contribution < -0.4 is 15.2 Å². The van der Waals surface area contributed by atoms with Gasteiger partial charge in [-0.3, -0.25) is 0 Å². The molecule has 0 saturated carbocycles. The first-order chi connectivity index (χ1) is 15.0. The predicted molar refractivity (Wildman–Crippen MR) is 92.0 cm³/mol. The second kappa shape index (κ2) is 5.41. The molecule has 4 rings (SSSR count). The van der Waals surface area contributed by atoms with Crippen LogP contribution in [0.15, 0.2) is 35.3 Å². The molecule has 0 unspecified atom stereocenters. The van der Waals surface area contributed by atoms with Crippen molar-refractivity contribution in [3.63, 3.8) is 0 Å². The Hall–Kier alpha value is -1.85. The summed E-state index contributed by atoms with van der Waals surface area (Å²) in [5.74, 6) is 0.105. The molecule has 22 heavy (non-hydrogen) atoms. The first-order valence-electron chi connectivity index (χ1n) is 12.2. The van der Waals surface area contributed by atoms with Crippen LogP contribution in [0, 0.1) is 6.85 Å². The molecule has 3 heterocycles. The molecule has 1 aromatic carbocycles. The number of likely N-dealkylation sites (N-methyl/N-ethyl adjacent to an activating group) is 1. The number of nitrogens with one attached hydrogen (secondary N) is 1. The maximum atomic E-state index is 8.57. The van der Waals surface area contributed by atoms with Crippen molar-refractivity contribution < 1.29 is 15.1 Å². The van der Waals surface area contributed by atoms with Crippen LogP contribution in [0.25, 0.3) is 5.82 Å². The number of hydrogen-bond acceptors (Lipinski definition) is 5. The molecule has 0 radical (unpaired) electrons. The number of fused-ring (bicyclic) bond motifs is 2. The minimum absolute atomic E-state index is 0.105. The third-order valence-electron chi connectivity index (χ3n) is 3.42. The summed E-state index contributed by atoms with van der Waals surface area (Å²) >= 11 is 0.826. The van der Waals surface area contributed by atoms with Crippen LogP contribution in [-0.2, 0) is 0 Å². The van der Waals surface area contributed by atoms with Crippen LogP contribution in [0.5, 0.6) is 0 Å². The second-order valence-electron chi connectivity index (χ2n) is 4.85. The largest absolute Gasteiger partial charge is 0.355 e. The number of nitrogens with zero attached hydrogens (tertiary/aromatic N) is 3. The lowest BCUT2D eigenvalue weighted by Crippen LogP contribution is -2.47. The normalized spacial score (nSPS) is 31.2. The van der Waals surface area contributed by atoms with Gasteiger partial charge in [-0.05, 0) is 32.0 Å². The molecule has 0 atom stereocenters. The SMILES string of the molecule is [2H]c1c(C([2H])([2H])[2H])sc2c1=C(N1CC([2H])([2H])N(C([2H])([2H])[2H])C([2H])([2H])C1)Nc1ccccc1N=2. The molecule has 5 heteroatoms. The van der Waals surface area contributed by atoms with Crippen LogP contribution in [0.3, 0.4) is 0 Å². The number of rotatable bonds is 1. The van der Waals surface area contributed by atoms with E-state index in [-0.39, 0.29) is 31.5 Å². The fourth-order valence-corrected chi connectivity index (χ4v) is 3.12. The Kier molecular flexibility index (Phi) is 1.56. The predicted octanol–water partition coefficient (Wildman–Crippen LogP) is 1.75. The molecule has 2 aliphatic rings. The van der Waals surface area contributed by atoms with Gasteiger partial charge in [0.1, 0.15) is 10.5 Å². The first kappa shape index (κ1) is 6.34. The summed E-state index contributed by atoms with van der Waals surface area (Å²) in [6.07, 6.45) is 0. The topological polar surface area (TPSA) is 30.9 Å². The van der Waals surface area contributed by atoms with Gasteiger partial charge in [0.05, 0.1) is 18.0 Å². The summed E-state index contributed by atoms with van der Waals surface area (Å²) in [4.78, 5) is 5.85. The zero-order valence-corrected chi connectivity index (χ0v) is 12.3. The lowest BCUT2D eigenvalue weighted by atomic mass is 10.2. The molecular weight excluding hydrogens is 292 g/mol. The fourth-order valence-electron chi connectivity index (χ4n) is 2.37. The number of hydrogen-bond donors (Lipinski definition) is 1. The van der Waals surface area contributed by atoms with E-state index in [9.17, 15) is 0 Å². The molecule has 1 aromatic heterocycles. The standard InChI is InChI=1S/C17H20N4S/c1-12-11-13-16(21-9-7-20(2)8-10-21)18-14-5-3-4-6-15(14)19-17(13)22-12/h3-6,11,18H,7-10H2,1-2H3/i1D3,2D3,7D2,8D2,11D. The van der Waals surface area contributed by atoms with E-state index in [0.29, 0.717) is 11.4 Å². The number of anilines is 1. The van der Waals surface area contributed by atoms with Crippen LogP contribution in [0.4, 0.5) is 11.4 Å². The zero-order valence-electron chi connectivity index (χ0n) is 22.5. The van der Waals surface area contributed by atoms with Crippen LogP contribution >= 0.6 is 11.3 Å². The Morgan fingerprint density at radius 3 is 3.05 bits per heavy atom. The molecule has 114 valence electrons. The van der Waals surface area contributed by atoms with Crippen molar-refractivity contribution in [1.82, 2.24) is 9.80 Å². The molecular formula is C17H20N4S. The van der Waals surface area contributed by atoms with Gasteiger partial charge in [-0.25, -0.2) is 4.99 Å². The summed E-state index contributed by atoms with van der Waals surface area (Å²) < 4.78 is 88.4. The van der Waals surface area contributed by atoms with Crippen molar-refractivity contribution in [1.29, 1.82) is 0 Å². The maximum absolute atomic E-state index is 8.57. The van der Waals surface area contributed by atoms with Gasteiger partial charge in [0.25, 0.3) is 0 Å². The Morgan fingerprint density at radius 2 is 2.23 bits per heavy atom. The smallest absolute Gasteiger partial charge is 0.127 e. The number of benzene rings is 1. The third kappa shape index (κ3) is 2.40. The van der Waals surface area contributed by atoms with E-state index in [1.807, 2.05) is 0 Å².